The molecule has 0 N–H and O–H groups in total. The molecule has 2 nitrogen and oxygen atoms in total. The Kier molecular flexibility index (Phi) is 4.13. The zero-order valence-electron chi connectivity index (χ0n) is 10.3. The van der Waals surface area contributed by atoms with Crippen LogP contribution in [0.2, 0.25) is 0 Å². The number of esters is 1. The van der Waals surface area contributed by atoms with E-state index in [1.54, 1.807) is 0 Å². The molecule has 0 amide bonds. The third-order valence-electron chi connectivity index (χ3n) is 3.00. The summed E-state index contributed by atoms with van der Waals surface area (Å²) in [5.74, 6) is -0.471. The van der Waals surface area contributed by atoms with Gasteiger partial charge in [-0.25, -0.2) is 0 Å². The number of rotatable bonds is 3. The molecule has 0 saturated heterocycles. The predicted octanol–water partition coefficient (Wildman–Crippen LogP) is 3.24. The predicted molar refractivity (Wildman–Crippen MR) is 72.1 cm³/mol. The van der Waals surface area contributed by atoms with Crippen molar-refractivity contribution in [2.24, 2.45) is 5.92 Å². The highest BCUT2D eigenvalue weighted by Crippen LogP contribution is 2.29. The van der Waals surface area contributed by atoms with Crippen LogP contribution in [0.15, 0.2) is 66.8 Å². The first kappa shape index (κ1) is 12.4. The molecule has 1 aromatic carbocycles. The second-order valence-electron chi connectivity index (χ2n) is 4.14. The van der Waals surface area contributed by atoms with Crippen LogP contribution in [-0.2, 0) is 9.53 Å². The molecule has 1 aliphatic rings. The summed E-state index contributed by atoms with van der Waals surface area (Å²) >= 11 is 0. The molecule has 1 aromatic rings. The Morgan fingerprint density at radius 2 is 1.67 bits per heavy atom. The van der Waals surface area contributed by atoms with E-state index in [0.29, 0.717) is 0 Å². The molecule has 2 rings (SSSR count). The number of methoxy groups -OCH3 is 1. The molecule has 0 aromatic heterocycles. The van der Waals surface area contributed by atoms with Gasteiger partial charge < -0.3 is 4.74 Å². The van der Waals surface area contributed by atoms with Crippen molar-refractivity contribution in [3.63, 3.8) is 0 Å². The molecule has 0 radical (unpaired) electrons. The molecule has 0 aliphatic heterocycles. The number of allylic oxidation sites excluding steroid dienone is 6. The van der Waals surface area contributed by atoms with E-state index in [1.165, 1.54) is 7.11 Å². The maximum absolute atomic E-state index is 12.0. The van der Waals surface area contributed by atoms with Crippen LogP contribution in [0.3, 0.4) is 0 Å². The molecular weight excluding hydrogens is 224 g/mol. The zero-order valence-corrected chi connectivity index (χ0v) is 10.3. The molecule has 1 atom stereocenters. The van der Waals surface area contributed by atoms with Gasteiger partial charge >= 0.3 is 5.97 Å². The molecule has 0 fully saturated rings. The molecule has 0 saturated carbocycles. The van der Waals surface area contributed by atoms with E-state index in [9.17, 15) is 4.79 Å². The Bertz CT molecular complexity index is 467. The molecule has 0 unspecified atom stereocenters. The highest BCUT2D eigenvalue weighted by molar-refractivity contribution is 5.79. The Balaban J connectivity index is 2.34. The third kappa shape index (κ3) is 2.77. The van der Waals surface area contributed by atoms with Crippen molar-refractivity contribution in [2.45, 2.75) is 5.92 Å². The van der Waals surface area contributed by atoms with Crippen molar-refractivity contribution in [1.29, 1.82) is 0 Å². The van der Waals surface area contributed by atoms with Crippen molar-refractivity contribution in [3.8, 4) is 0 Å². The van der Waals surface area contributed by atoms with E-state index in [0.717, 1.165) is 5.56 Å². The number of carbonyl (C=O) groups excluding carboxylic acids is 1. The van der Waals surface area contributed by atoms with E-state index >= 15 is 0 Å². The van der Waals surface area contributed by atoms with Gasteiger partial charge in [-0.2, -0.15) is 0 Å². The smallest absolute Gasteiger partial charge is 0.314 e. The lowest BCUT2D eigenvalue weighted by molar-refractivity contribution is -0.143. The fourth-order valence-corrected chi connectivity index (χ4v) is 2.10. The van der Waals surface area contributed by atoms with Crippen LogP contribution in [0.1, 0.15) is 11.5 Å². The van der Waals surface area contributed by atoms with E-state index in [4.69, 9.17) is 4.74 Å². The van der Waals surface area contributed by atoms with Gasteiger partial charge in [-0.1, -0.05) is 66.8 Å². The number of carbonyl (C=O) groups is 1. The standard InChI is InChI=1S/C16H16O2/c1-18-16(17)15(14-11-7-4-8-12-14)13-9-5-2-3-6-10-13/h2-13,15H,1H3/t15-/m1/s1. The average molecular weight is 240 g/mol. The summed E-state index contributed by atoms with van der Waals surface area (Å²) in [7, 11) is 1.43. The average Bonchev–Trinajstić information content (AvgIpc) is 2.69. The normalized spacial score (nSPS) is 16.3. The van der Waals surface area contributed by atoms with Gasteiger partial charge in [0.25, 0.3) is 0 Å². The van der Waals surface area contributed by atoms with Crippen molar-refractivity contribution >= 4 is 5.97 Å². The van der Waals surface area contributed by atoms with Crippen molar-refractivity contribution in [3.05, 3.63) is 72.4 Å². The number of hydrogen-bond acceptors (Lipinski definition) is 2. The number of ether oxygens (including phenoxy) is 1. The zero-order chi connectivity index (χ0) is 12.8. The number of hydrogen-bond donors (Lipinski definition) is 0. The molecular formula is C16H16O2. The molecule has 0 bridgehead atoms. The molecule has 2 heteroatoms. The maximum Gasteiger partial charge on any atom is 0.314 e. The second kappa shape index (κ2) is 6.01. The van der Waals surface area contributed by atoms with Gasteiger partial charge in [0.15, 0.2) is 0 Å². The summed E-state index contributed by atoms with van der Waals surface area (Å²) in [6.07, 6.45) is 11.9. The monoisotopic (exact) mass is 240 g/mol. The van der Waals surface area contributed by atoms with E-state index < -0.39 is 0 Å². The Labute approximate surface area is 107 Å². The van der Waals surface area contributed by atoms with Crippen molar-refractivity contribution < 1.29 is 9.53 Å². The first-order chi connectivity index (χ1) is 8.83. The minimum absolute atomic E-state index is 0.0230. The maximum atomic E-state index is 12.0. The molecule has 0 spiro atoms. The van der Waals surface area contributed by atoms with Gasteiger partial charge in [0.2, 0.25) is 0 Å². The van der Waals surface area contributed by atoms with Crippen molar-refractivity contribution in [2.75, 3.05) is 7.11 Å². The fourth-order valence-electron chi connectivity index (χ4n) is 2.10. The second-order valence-corrected chi connectivity index (χ2v) is 4.14. The van der Waals surface area contributed by atoms with E-state index in [1.807, 2.05) is 66.8 Å². The molecule has 92 valence electrons. The summed E-state index contributed by atoms with van der Waals surface area (Å²) in [4.78, 5) is 12.0. The Morgan fingerprint density at radius 1 is 1.06 bits per heavy atom. The van der Waals surface area contributed by atoms with E-state index in [-0.39, 0.29) is 17.8 Å². The van der Waals surface area contributed by atoms with Crippen LogP contribution >= 0.6 is 0 Å². The quantitative estimate of drug-likeness (QED) is 0.758. The van der Waals surface area contributed by atoms with Crippen molar-refractivity contribution in [1.82, 2.24) is 0 Å². The van der Waals surface area contributed by atoms with E-state index in [2.05, 4.69) is 0 Å². The summed E-state index contributed by atoms with van der Waals surface area (Å²) in [6, 6.07) is 9.74. The molecule has 1 aliphatic carbocycles. The van der Waals surface area contributed by atoms with Crippen LogP contribution < -0.4 is 0 Å². The minimum atomic E-state index is -0.288. The van der Waals surface area contributed by atoms with Crippen LogP contribution in [0.5, 0.6) is 0 Å². The van der Waals surface area contributed by atoms with Gasteiger partial charge in [-0.3, -0.25) is 4.79 Å². The van der Waals surface area contributed by atoms with Crippen LogP contribution in [0.4, 0.5) is 0 Å². The summed E-state index contributed by atoms with van der Waals surface area (Å²) in [5, 5.41) is 0. The highest BCUT2D eigenvalue weighted by Gasteiger charge is 2.27. The van der Waals surface area contributed by atoms with Crippen LogP contribution in [0.25, 0.3) is 0 Å². The molecule has 0 heterocycles. The summed E-state index contributed by atoms with van der Waals surface area (Å²) < 4.78 is 4.93. The van der Waals surface area contributed by atoms with Gasteiger partial charge in [0, 0.05) is 5.92 Å². The molecule has 18 heavy (non-hydrogen) atoms. The lowest BCUT2D eigenvalue weighted by Crippen LogP contribution is -2.20. The third-order valence-corrected chi connectivity index (χ3v) is 3.00. The van der Waals surface area contributed by atoms with Gasteiger partial charge in [-0.05, 0) is 5.56 Å². The minimum Gasteiger partial charge on any atom is -0.469 e. The Hall–Kier alpha value is -2.09. The topological polar surface area (TPSA) is 26.3 Å². The fraction of sp³-hybridized carbons (Fsp3) is 0.188. The van der Waals surface area contributed by atoms with Crippen LogP contribution in [-0.4, -0.2) is 13.1 Å². The first-order valence-electron chi connectivity index (χ1n) is 5.97. The highest BCUT2D eigenvalue weighted by atomic mass is 16.5. The number of benzene rings is 1. The van der Waals surface area contributed by atoms with Gasteiger partial charge in [0.1, 0.15) is 0 Å². The lowest BCUT2D eigenvalue weighted by Gasteiger charge is -2.20. The SMILES string of the molecule is COC(=O)[C@@H](c1ccccc1)C1C=CC=CC=C1. The van der Waals surface area contributed by atoms with Gasteiger partial charge in [-0.15, -0.1) is 0 Å². The summed E-state index contributed by atoms with van der Waals surface area (Å²) in [6.45, 7) is 0. The largest absolute Gasteiger partial charge is 0.469 e. The lowest BCUT2D eigenvalue weighted by atomic mass is 9.85. The Morgan fingerprint density at radius 3 is 2.22 bits per heavy atom. The van der Waals surface area contributed by atoms with Gasteiger partial charge in [0.05, 0.1) is 13.0 Å². The van der Waals surface area contributed by atoms with Crippen LogP contribution in [0, 0.1) is 5.92 Å². The first-order valence-corrected chi connectivity index (χ1v) is 5.97. The summed E-state index contributed by atoms with van der Waals surface area (Å²) in [5.41, 5.74) is 0.977.